The number of anilines is 1. The highest BCUT2D eigenvalue weighted by Crippen LogP contribution is 2.28. The van der Waals surface area contributed by atoms with Gasteiger partial charge in [-0.25, -0.2) is 9.97 Å². The summed E-state index contributed by atoms with van der Waals surface area (Å²) < 4.78 is 5.27. The van der Waals surface area contributed by atoms with E-state index in [4.69, 9.17) is 4.74 Å². The van der Waals surface area contributed by atoms with Crippen LogP contribution in [-0.2, 0) is 9.53 Å². The summed E-state index contributed by atoms with van der Waals surface area (Å²) in [5.41, 5.74) is 0. The maximum absolute atomic E-state index is 12.3. The Morgan fingerprint density at radius 1 is 1.50 bits per heavy atom. The minimum atomic E-state index is -0.0227. The Hall–Kier alpha value is -1.69. The molecule has 1 aliphatic carbocycles. The molecule has 20 heavy (non-hydrogen) atoms. The van der Waals surface area contributed by atoms with E-state index in [9.17, 15) is 4.79 Å². The molecule has 2 heterocycles. The summed E-state index contributed by atoms with van der Waals surface area (Å²) in [5.74, 6) is 1.23. The van der Waals surface area contributed by atoms with Crippen molar-refractivity contribution >= 4 is 11.7 Å². The molecule has 0 unspecified atom stereocenters. The minimum absolute atomic E-state index is 0.0227. The number of amides is 1. The zero-order valence-corrected chi connectivity index (χ0v) is 11.7. The normalized spacial score (nSPS) is 25.8. The van der Waals surface area contributed by atoms with Gasteiger partial charge >= 0.3 is 0 Å². The van der Waals surface area contributed by atoms with Crippen molar-refractivity contribution in [3.63, 3.8) is 0 Å². The predicted molar refractivity (Wildman–Crippen MR) is 74.3 cm³/mol. The summed E-state index contributed by atoms with van der Waals surface area (Å²) in [6.45, 7) is 2.10. The third kappa shape index (κ3) is 2.90. The lowest BCUT2D eigenvalue weighted by atomic mass is 9.96. The highest BCUT2D eigenvalue weighted by molar-refractivity contribution is 5.81. The quantitative estimate of drug-likeness (QED) is 0.846. The van der Waals surface area contributed by atoms with Gasteiger partial charge in [0.15, 0.2) is 0 Å². The number of carbonyl (C=O) groups is 1. The Bertz CT molecular complexity index is 464. The number of aromatic nitrogens is 2. The van der Waals surface area contributed by atoms with Crippen LogP contribution in [0.5, 0.6) is 0 Å². The summed E-state index contributed by atoms with van der Waals surface area (Å²) in [4.78, 5) is 22.7. The first kappa shape index (κ1) is 13.3. The van der Waals surface area contributed by atoms with Crippen LogP contribution in [0.2, 0.25) is 0 Å². The molecule has 108 valence electrons. The molecule has 2 aliphatic rings. The Morgan fingerprint density at radius 2 is 2.35 bits per heavy atom. The van der Waals surface area contributed by atoms with Crippen molar-refractivity contribution in [3.05, 3.63) is 18.6 Å². The maximum atomic E-state index is 12.3. The van der Waals surface area contributed by atoms with Gasteiger partial charge in [0.2, 0.25) is 5.91 Å². The average Bonchev–Trinajstić information content (AvgIpc) is 3.17. The van der Waals surface area contributed by atoms with Crippen molar-refractivity contribution in [2.45, 2.75) is 18.9 Å². The monoisotopic (exact) mass is 276 g/mol. The summed E-state index contributed by atoms with van der Waals surface area (Å²) in [6, 6.07) is 2.28. The van der Waals surface area contributed by atoms with Gasteiger partial charge in [0, 0.05) is 38.4 Å². The molecular weight excluding hydrogens is 256 g/mol. The molecular formula is C14H20N4O2. The second-order valence-corrected chi connectivity index (χ2v) is 5.58. The smallest absolute Gasteiger partial charge is 0.225 e. The van der Waals surface area contributed by atoms with Crippen LogP contribution in [-0.4, -0.2) is 48.7 Å². The molecule has 1 saturated carbocycles. The van der Waals surface area contributed by atoms with E-state index in [2.05, 4.69) is 20.2 Å². The second-order valence-electron chi connectivity index (χ2n) is 5.58. The number of hydrogen-bond donors (Lipinski definition) is 1. The van der Waals surface area contributed by atoms with Gasteiger partial charge in [0.1, 0.15) is 12.1 Å². The molecule has 0 radical (unpaired) electrons. The Balaban J connectivity index is 1.69. The van der Waals surface area contributed by atoms with Crippen molar-refractivity contribution < 1.29 is 9.53 Å². The molecule has 1 amide bonds. The van der Waals surface area contributed by atoms with E-state index >= 15 is 0 Å². The number of nitrogens with zero attached hydrogens (tertiary/aromatic N) is 3. The fourth-order valence-electron chi connectivity index (χ4n) is 2.75. The van der Waals surface area contributed by atoms with Crippen molar-refractivity contribution in [2.75, 3.05) is 31.7 Å². The summed E-state index contributed by atoms with van der Waals surface area (Å²) >= 11 is 0. The van der Waals surface area contributed by atoms with Crippen LogP contribution in [0.15, 0.2) is 18.6 Å². The Labute approximate surface area is 118 Å². The molecule has 0 spiro atoms. The third-order valence-electron chi connectivity index (χ3n) is 3.97. The molecule has 1 N–H and O–H groups in total. The largest absolute Gasteiger partial charge is 0.384 e. The molecule has 0 aromatic carbocycles. The first-order valence-corrected chi connectivity index (χ1v) is 7.08. The van der Waals surface area contributed by atoms with E-state index < -0.39 is 0 Å². The fourth-order valence-corrected chi connectivity index (χ4v) is 2.75. The van der Waals surface area contributed by atoms with Gasteiger partial charge < -0.3 is 15.0 Å². The first-order valence-electron chi connectivity index (χ1n) is 7.08. The van der Waals surface area contributed by atoms with Crippen molar-refractivity contribution in [2.24, 2.45) is 11.8 Å². The van der Waals surface area contributed by atoms with Gasteiger partial charge in [0.25, 0.3) is 0 Å². The van der Waals surface area contributed by atoms with Gasteiger partial charge in [-0.3, -0.25) is 4.79 Å². The number of methoxy groups -OCH3 is 1. The molecule has 6 nitrogen and oxygen atoms in total. The van der Waals surface area contributed by atoms with Gasteiger partial charge in [-0.15, -0.1) is 0 Å². The van der Waals surface area contributed by atoms with Gasteiger partial charge in [0.05, 0.1) is 12.5 Å². The molecule has 2 atom stereocenters. The van der Waals surface area contributed by atoms with Crippen LogP contribution >= 0.6 is 0 Å². The molecule has 1 aromatic rings. The number of rotatable bonds is 5. The topological polar surface area (TPSA) is 67.3 Å². The fraction of sp³-hybridized carbons (Fsp3) is 0.643. The van der Waals surface area contributed by atoms with Crippen molar-refractivity contribution in [1.82, 2.24) is 15.3 Å². The van der Waals surface area contributed by atoms with Crippen molar-refractivity contribution in [3.8, 4) is 0 Å². The van der Waals surface area contributed by atoms with E-state index in [1.165, 1.54) is 6.33 Å². The molecule has 1 aliphatic heterocycles. The van der Waals surface area contributed by atoms with Crippen LogP contribution in [0.1, 0.15) is 12.8 Å². The van der Waals surface area contributed by atoms with E-state index in [1.54, 1.807) is 13.3 Å². The molecule has 6 heteroatoms. The van der Waals surface area contributed by atoms with Crippen LogP contribution < -0.4 is 10.2 Å². The zero-order valence-electron chi connectivity index (χ0n) is 11.7. The van der Waals surface area contributed by atoms with E-state index in [-0.39, 0.29) is 17.7 Å². The number of ether oxygens (including phenoxy) is 1. The highest BCUT2D eigenvalue weighted by atomic mass is 16.5. The highest BCUT2D eigenvalue weighted by Gasteiger charge is 2.39. The van der Waals surface area contributed by atoms with Crippen LogP contribution in [0.25, 0.3) is 0 Å². The number of hydrogen-bond acceptors (Lipinski definition) is 5. The Morgan fingerprint density at radius 3 is 3.00 bits per heavy atom. The first-order chi connectivity index (χ1) is 9.78. The van der Waals surface area contributed by atoms with Crippen molar-refractivity contribution in [1.29, 1.82) is 0 Å². The summed E-state index contributed by atoms with van der Waals surface area (Å²) in [7, 11) is 1.68. The predicted octanol–water partition coefficient (Wildman–Crippen LogP) is 0.454. The lowest BCUT2D eigenvalue weighted by molar-refractivity contribution is -0.126. The van der Waals surface area contributed by atoms with Gasteiger partial charge in [-0.2, -0.15) is 0 Å². The summed E-state index contributed by atoms with van der Waals surface area (Å²) in [5, 5.41) is 3.10. The number of carbonyl (C=O) groups excluding carboxylic acids is 1. The van der Waals surface area contributed by atoms with Crippen LogP contribution in [0, 0.1) is 11.8 Å². The van der Waals surface area contributed by atoms with E-state index in [0.717, 1.165) is 25.2 Å². The summed E-state index contributed by atoms with van der Waals surface area (Å²) in [6.07, 6.45) is 5.50. The van der Waals surface area contributed by atoms with Gasteiger partial charge in [-0.1, -0.05) is 0 Å². The lowest BCUT2D eigenvalue weighted by Gasteiger charge is -2.16. The molecule has 1 saturated heterocycles. The molecule has 0 bridgehead atoms. The Kier molecular flexibility index (Phi) is 3.82. The third-order valence-corrected chi connectivity index (χ3v) is 3.97. The van der Waals surface area contributed by atoms with E-state index in [0.29, 0.717) is 19.2 Å². The maximum Gasteiger partial charge on any atom is 0.225 e. The molecule has 2 fully saturated rings. The second kappa shape index (κ2) is 5.75. The molecule has 3 rings (SSSR count). The lowest BCUT2D eigenvalue weighted by Crippen LogP contribution is -2.37. The standard InChI is InChI=1S/C14H20N4O2/c1-20-8-10-6-18(13-4-5-15-9-16-13)7-12(10)14(19)17-11-2-3-11/h4-5,9-12H,2-3,6-8H2,1H3,(H,17,19)/t10-,12+/m0/s1. The minimum Gasteiger partial charge on any atom is -0.384 e. The van der Waals surface area contributed by atoms with Gasteiger partial charge in [-0.05, 0) is 18.9 Å². The average molecular weight is 276 g/mol. The molecule has 1 aromatic heterocycles. The van der Waals surface area contributed by atoms with E-state index in [1.807, 2.05) is 6.07 Å². The number of nitrogens with one attached hydrogen (secondary N) is 1. The van der Waals surface area contributed by atoms with Crippen LogP contribution in [0.4, 0.5) is 5.82 Å². The van der Waals surface area contributed by atoms with Crippen LogP contribution in [0.3, 0.4) is 0 Å². The SMILES string of the molecule is COC[C@@H]1CN(c2ccncn2)C[C@H]1C(=O)NC1CC1. The zero-order chi connectivity index (χ0) is 13.9.